The first kappa shape index (κ1) is 7.75. The zero-order valence-corrected chi connectivity index (χ0v) is 7.46. The van der Waals surface area contributed by atoms with Gasteiger partial charge < -0.3 is 7.80 Å². The zero-order chi connectivity index (χ0) is 6.53. The highest BCUT2D eigenvalue weighted by molar-refractivity contribution is 14.1. The Hall–Kier alpha value is 0.650. The van der Waals surface area contributed by atoms with Crippen molar-refractivity contribution in [3.8, 4) is 0 Å². The molecule has 1 rings (SSSR count). The topological polar surface area (TPSA) is 18.5 Å². The van der Waals surface area contributed by atoms with Crippen molar-refractivity contribution >= 4 is 23.0 Å². The van der Waals surface area contributed by atoms with E-state index in [4.69, 9.17) is 7.80 Å². The monoisotopic (exact) mass is 242 g/mol. The van der Waals surface area contributed by atoms with Gasteiger partial charge in [-0.05, 0) is 19.3 Å². The maximum absolute atomic E-state index is 5.39. The molecule has 1 heterocycles. The van der Waals surface area contributed by atoms with Crippen molar-refractivity contribution < 1.29 is 7.80 Å². The maximum Gasteiger partial charge on any atom is 0.109 e. The number of halogens is 1. The van der Waals surface area contributed by atoms with Crippen LogP contribution in [0, 0.1) is 0 Å². The van der Waals surface area contributed by atoms with Crippen molar-refractivity contribution in [3.63, 3.8) is 0 Å². The molecule has 9 heavy (non-hydrogen) atoms. The Morgan fingerprint density at radius 1 is 1.56 bits per heavy atom. The van der Waals surface area contributed by atoms with Crippen molar-refractivity contribution in [1.82, 2.24) is 0 Å². The van der Waals surface area contributed by atoms with E-state index in [9.17, 15) is 0 Å². The summed E-state index contributed by atoms with van der Waals surface area (Å²) in [6.45, 7) is 1.67. The second kappa shape index (κ2) is 4.46. The summed E-state index contributed by atoms with van der Waals surface area (Å²) in [6.07, 6.45) is 4.06. The Morgan fingerprint density at radius 2 is 2.44 bits per heavy atom. The Kier molecular flexibility index (Phi) is 3.85. The molecule has 1 unspecified atom stereocenters. The second-order valence-corrected chi connectivity index (χ2v) is 2.89. The van der Waals surface area contributed by atoms with E-state index in [0.717, 1.165) is 13.2 Å². The summed E-state index contributed by atoms with van der Waals surface area (Å²) in [5, 5.41) is 0. The van der Waals surface area contributed by atoms with E-state index in [2.05, 4.69) is 0 Å². The number of rotatable bonds is 2. The van der Waals surface area contributed by atoms with Crippen LogP contribution in [0.25, 0.3) is 0 Å². The fourth-order valence-corrected chi connectivity index (χ4v) is 1.41. The molecule has 0 aromatic rings. The van der Waals surface area contributed by atoms with Gasteiger partial charge in [0.05, 0.1) is 12.7 Å². The van der Waals surface area contributed by atoms with Crippen LogP contribution in [-0.2, 0) is 7.80 Å². The highest BCUT2D eigenvalue weighted by Gasteiger charge is 2.12. The number of ether oxygens (including phenoxy) is 1. The highest BCUT2D eigenvalue weighted by atomic mass is 127. The SMILES string of the molecule is IOCC1CCCCO1. The third-order valence-electron chi connectivity index (χ3n) is 1.52. The van der Waals surface area contributed by atoms with Crippen LogP contribution in [0.3, 0.4) is 0 Å². The van der Waals surface area contributed by atoms with Crippen LogP contribution < -0.4 is 0 Å². The van der Waals surface area contributed by atoms with Gasteiger partial charge in [-0.2, -0.15) is 0 Å². The summed E-state index contributed by atoms with van der Waals surface area (Å²) in [5.74, 6) is 0. The van der Waals surface area contributed by atoms with Crippen molar-refractivity contribution in [2.75, 3.05) is 13.2 Å². The molecule has 0 bridgehead atoms. The predicted octanol–water partition coefficient (Wildman–Crippen LogP) is 1.92. The summed E-state index contributed by atoms with van der Waals surface area (Å²) >= 11 is 1.91. The Balaban J connectivity index is 2.08. The molecule has 0 aromatic heterocycles. The Morgan fingerprint density at radius 3 is 3.00 bits per heavy atom. The molecule has 1 aliphatic heterocycles. The van der Waals surface area contributed by atoms with E-state index < -0.39 is 0 Å². The predicted molar refractivity (Wildman–Crippen MR) is 43.6 cm³/mol. The lowest BCUT2D eigenvalue weighted by Crippen LogP contribution is -2.22. The molecule has 1 atom stereocenters. The third-order valence-corrected chi connectivity index (χ3v) is 1.88. The van der Waals surface area contributed by atoms with Gasteiger partial charge in [0.2, 0.25) is 0 Å². The molecule has 1 aliphatic rings. The highest BCUT2D eigenvalue weighted by Crippen LogP contribution is 2.13. The minimum absolute atomic E-state index is 0.371. The quantitative estimate of drug-likeness (QED) is 0.689. The molecule has 0 aromatic carbocycles. The zero-order valence-electron chi connectivity index (χ0n) is 5.31. The summed E-state index contributed by atoms with van der Waals surface area (Å²) < 4.78 is 10.3. The van der Waals surface area contributed by atoms with E-state index in [1.54, 1.807) is 0 Å². The van der Waals surface area contributed by atoms with Crippen LogP contribution in [0.5, 0.6) is 0 Å². The molecule has 0 spiro atoms. The van der Waals surface area contributed by atoms with Crippen molar-refractivity contribution in [2.45, 2.75) is 25.4 Å². The fourth-order valence-electron chi connectivity index (χ4n) is 1.01. The molecule has 3 heteroatoms. The number of hydrogen-bond acceptors (Lipinski definition) is 2. The average Bonchev–Trinajstić information content (AvgIpc) is 1.91. The molecule has 2 nitrogen and oxygen atoms in total. The smallest absolute Gasteiger partial charge is 0.109 e. The van der Waals surface area contributed by atoms with Gasteiger partial charge in [0.15, 0.2) is 0 Å². The Bertz CT molecular complexity index is 68.7. The maximum atomic E-state index is 5.39. The van der Waals surface area contributed by atoms with Crippen LogP contribution >= 0.6 is 23.0 Å². The lowest BCUT2D eigenvalue weighted by Gasteiger charge is -2.20. The molecule has 1 saturated heterocycles. The van der Waals surface area contributed by atoms with Crippen molar-refractivity contribution in [1.29, 1.82) is 0 Å². The second-order valence-electron chi connectivity index (χ2n) is 2.26. The summed E-state index contributed by atoms with van der Waals surface area (Å²) in [6, 6.07) is 0. The largest absolute Gasteiger partial charge is 0.376 e. The molecule has 54 valence electrons. The summed E-state index contributed by atoms with van der Waals surface area (Å²) in [4.78, 5) is 0. The minimum Gasteiger partial charge on any atom is -0.376 e. The van der Waals surface area contributed by atoms with Crippen molar-refractivity contribution in [2.24, 2.45) is 0 Å². The lowest BCUT2D eigenvalue weighted by atomic mass is 10.1. The molecule has 0 N–H and O–H groups in total. The van der Waals surface area contributed by atoms with E-state index in [-0.39, 0.29) is 0 Å². The van der Waals surface area contributed by atoms with Gasteiger partial charge in [-0.3, -0.25) is 0 Å². The summed E-state index contributed by atoms with van der Waals surface area (Å²) in [7, 11) is 0. The van der Waals surface area contributed by atoms with E-state index in [0.29, 0.717) is 6.10 Å². The van der Waals surface area contributed by atoms with E-state index >= 15 is 0 Å². The van der Waals surface area contributed by atoms with Gasteiger partial charge >= 0.3 is 0 Å². The average molecular weight is 242 g/mol. The van der Waals surface area contributed by atoms with Crippen molar-refractivity contribution in [3.05, 3.63) is 0 Å². The van der Waals surface area contributed by atoms with E-state index in [1.165, 1.54) is 19.3 Å². The first-order chi connectivity index (χ1) is 4.43. The first-order valence-corrected chi connectivity index (χ1v) is 4.16. The standard InChI is InChI=1S/C6H11IO2/c7-9-5-6-3-1-2-4-8-6/h6H,1-5H2. The van der Waals surface area contributed by atoms with Crippen LogP contribution in [-0.4, -0.2) is 19.3 Å². The first-order valence-electron chi connectivity index (χ1n) is 3.28. The minimum atomic E-state index is 0.371. The molecular weight excluding hydrogens is 231 g/mol. The van der Waals surface area contributed by atoms with Gasteiger partial charge in [-0.25, -0.2) is 0 Å². The Labute approximate surface area is 69.6 Å². The molecule has 1 fully saturated rings. The normalized spacial score (nSPS) is 28.3. The molecule has 0 radical (unpaired) electrons. The molecule has 0 aliphatic carbocycles. The summed E-state index contributed by atoms with van der Waals surface area (Å²) in [5.41, 5.74) is 0. The third kappa shape index (κ3) is 2.82. The van der Waals surface area contributed by atoms with E-state index in [1.807, 2.05) is 23.0 Å². The van der Waals surface area contributed by atoms with Crippen LogP contribution in [0.15, 0.2) is 0 Å². The van der Waals surface area contributed by atoms with Gasteiger partial charge in [0, 0.05) is 6.61 Å². The molecule has 0 amide bonds. The molecular formula is C6H11IO2. The van der Waals surface area contributed by atoms with Crippen LogP contribution in [0.4, 0.5) is 0 Å². The van der Waals surface area contributed by atoms with Gasteiger partial charge in [0.1, 0.15) is 23.0 Å². The number of hydrogen-bond donors (Lipinski definition) is 0. The lowest BCUT2D eigenvalue weighted by molar-refractivity contribution is -0.00280. The van der Waals surface area contributed by atoms with Gasteiger partial charge in [0.25, 0.3) is 0 Å². The van der Waals surface area contributed by atoms with Gasteiger partial charge in [-0.15, -0.1) is 0 Å². The van der Waals surface area contributed by atoms with Crippen LogP contribution in [0.2, 0.25) is 0 Å². The fraction of sp³-hybridized carbons (Fsp3) is 1.00. The molecule has 0 saturated carbocycles. The van der Waals surface area contributed by atoms with Crippen LogP contribution in [0.1, 0.15) is 19.3 Å². The van der Waals surface area contributed by atoms with Gasteiger partial charge in [-0.1, -0.05) is 0 Å².